The number of rotatable bonds is 1. The molecule has 1 aliphatic heterocycles. The van der Waals surface area contributed by atoms with Crippen LogP contribution >= 0.6 is 0 Å². The molecule has 0 radical (unpaired) electrons. The smallest absolute Gasteiger partial charge is 0.333 e. The van der Waals surface area contributed by atoms with Gasteiger partial charge in [-0.05, 0) is 6.08 Å². The van der Waals surface area contributed by atoms with Crippen molar-refractivity contribution in [3.05, 3.63) is 12.2 Å². The van der Waals surface area contributed by atoms with Crippen molar-refractivity contribution < 1.29 is 14.6 Å². The van der Waals surface area contributed by atoms with Crippen LogP contribution in [0, 0.1) is 0 Å². The van der Waals surface area contributed by atoms with Crippen LogP contribution in [-0.2, 0) is 9.53 Å². The fourth-order valence-electron chi connectivity index (χ4n) is 0.550. The predicted molar refractivity (Wildman–Crippen MR) is 29.2 cm³/mol. The first-order valence-electron chi connectivity index (χ1n) is 2.51. The van der Waals surface area contributed by atoms with E-state index < -0.39 is 11.8 Å². The van der Waals surface area contributed by atoms with Crippen LogP contribution in [0.1, 0.15) is 0 Å². The molecule has 1 rings (SSSR count). The Labute approximate surface area is 51.9 Å². The molecule has 1 unspecified atom stereocenters. The molecular formula is C5H7NO3. The van der Waals surface area contributed by atoms with Gasteiger partial charge >= 0.3 is 5.97 Å². The normalized spacial score (nSPS) is 32.9. The molecule has 0 aromatic rings. The zero-order chi connectivity index (χ0) is 6.91. The summed E-state index contributed by atoms with van der Waals surface area (Å²) >= 11 is 0. The Morgan fingerprint density at radius 1 is 1.89 bits per heavy atom. The van der Waals surface area contributed by atoms with Gasteiger partial charge in [-0.3, -0.25) is 0 Å². The van der Waals surface area contributed by atoms with Gasteiger partial charge in [0, 0.05) is 6.08 Å². The minimum absolute atomic E-state index is 0.102. The Kier molecular flexibility index (Phi) is 1.27. The minimum Gasteiger partial charge on any atom is -0.425 e. The topological polar surface area (TPSA) is 72.5 Å². The van der Waals surface area contributed by atoms with E-state index in [1.807, 2.05) is 0 Å². The van der Waals surface area contributed by atoms with Crippen LogP contribution in [0.25, 0.3) is 0 Å². The summed E-state index contributed by atoms with van der Waals surface area (Å²) in [5.41, 5.74) is 5.05. The van der Waals surface area contributed by atoms with Crippen molar-refractivity contribution >= 4 is 5.97 Å². The average Bonchev–Trinajstić information content (AvgIpc) is 2.13. The third kappa shape index (κ3) is 1.09. The van der Waals surface area contributed by atoms with Gasteiger partial charge in [0.05, 0.1) is 6.54 Å². The average molecular weight is 129 g/mol. The van der Waals surface area contributed by atoms with Crippen molar-refractivity contribution in [2.75, 3.05) is 6.54 Å². The van der Waals surface area contributed by atoms with E-state index in [1.165, 1.54) is 6.08 Å². The highest BCUT2D eigenvalue weighted by Crippen LogP contribution is 2.13. The summed E-state index contributed by atoms with van der Waals surface area (Å²) in [6.07, 6.45) is 2.38. The predicted octanol–water partition coefficient (Wildman–Crippen LogP) is -1.25. The number of esters is 1. The van der Waals surface area contributed by atoms with Gasteiger partial charge in [-0.15, -0.1) is 0 Å². The third-order valence-electron chi connectivity index (χ3n) is 1.05. The molecule has 0 spiro atoms. The van der Waals surface area contributed by atoms with Crippen molar-refractivity contribution in [1.29, 1.82) is 0 Å². The molecule has 0 aliphatic carbocycles. The number of hydrogen-bond acceptors (Lipinski definition) is 4. The van der Waals surface area contributed by atoms with E-state index >= 15 is 0 Å². The Hall–Kier alpha value is -0.870. The van der Waals surface area contributed by atoms with E-state index in [1.54, 1.807) is 0 Å². The maximum Gasteiger partial charge on any atom is 0.333 e. The summed E-state index contributed by atoms with van der Waals surface area (Å²) in [6, 6.07) is 0. The van der Waals surface area contributed by atoms with Crippen LogP contribution in [0.3, 0.4) is 0 Å². The van der Waals surface area contributed by atoms with E-state index in [-0.39, 0.29) is 6.54 Å². The van der Waals surface area contributed by atoms with Gasteiger partial charge in [0.1, 0.15) is 0 Å². The Morgan fingerprint density at radius 3 is 2.78 bits per heavy atom. The van der Waals surface area contributed by atoms with Gasteiger partial charge in [-0.1, -0.05) is 0 Å². The highest BCUT2D eigenvalue weighted by Gasteiger charge is 2.30. The second-order valence-electron chi connectivity index (χ2n) is 1.80. The maximum absolute atomic E-state index is 10.3. The quantitative estimate of drug-likeness (QED) is 0.434. The summed E-state index contributed by atoms with van der Waals surface area (Å²) < 4.78 is 4.38. The maximum atomic E-state index is 10.3. The first-order chi connectivity index (χ1) is 4.16. The molecule has 0 aromatic heterocycles. The van der Waals surface area contributed by atoms with Crippen molar-refractivity contribution in [2.24, 2.45) is 5.73 Å². The molecule has 4 nitrogen and oxygen atoms in total. The van der Waals surface area contributed by atoms with Crippen molar-refractivity contribution in [3.8, 4) is 0 Å². The zero-order valence-corrected chi connectivity index (χ0v) is 4.70. The SMILES string of the molecule is NCC1(O)C=CC(=O)O1. The number of ether oxygens (including phenoxy) is 1. The van der Waals surface area contributed by atoms with Crippen LogP contribution in [0.15, 0.2) is 12.2 Å². The molecule has 0 fully saturated rings. The number of carbonyl (C=O) groups is 1. The molecule has 0 aromatic carbocycles. The van der Waals surface area contributed by atoms with Gasteiger partial charge in [0.25, 0.3) is 0 Å². The molecule has 3 N–H and O–H groups in total. The van der Waals surface area contributed by atoms with Crippen LogP contribution in [0.5, 0.6) is 0 Å². The fraction of sp³-hybridized carbons (Fsp3) is 0.400. The molecule has 0 amide bonds. The largest absolute Gasteiger partial charge is 0.425 e. The summed E-state index contributed by atoms with van der Waals surface area (Å²) in [5, 5.41) is 9.02. The van der Waals surface area contributed by atoms with Gasteiger partial charge < -0.3 is 15.6 Å². The second-order valence-corrected chi connectivity index (χ2v) is 1.80. The molecule has 0 bridgehead atoms. The molecule has 0 saturated heterocycles. The number of carbonyl (C=O) groups excluding carboxylic acids is 1. The Morgan fingerprint density at radius 2 is 2.56 bits per heavy atom. The van der Waals surface area contributed by atoms with E-state index in [0.29, 0.717) is 0 Å². The lowest BCUT2D eigenvalue weighted by Gasteiger charge is -2.15. The lowest BCUT2D eigenvalue weighted by molar-refractivity contribution is -0.174. The van der Waals surface area contributed by atoms with Crippen LogP contribution in [0.4, 0.5) is 0 Å². The number of nitrogens with two attached hydrogens (primary N) is 1. The molecule has 9 heavy (non-hydrogen) atoms. The van der Waals surface area contributed by atoms with Crippen LogP contribution < -0.4 is 5.73 Å². The monoisotopic (exact) mass is 129 g/mol. The number of cyclic esters (lactones) is 1. The third-order valence-corrected chi connectivity index (χ3v) is 1.05. The Balaban J connectivity index is 2.68. The molecule has 1 aliphatic rings. The molecule has 1 atom stereocenters. The second kappa shape index (κ2) is 1.82. The number of hydrogen-bond donors (Lipinski definition) is 2. The minimum atomic E-state index is -1.54. The molecule has 0 saturated carbocycles. The van der Waals surface area contributed by atoms with Crippen LogP contribution in [-0.4, -0.2) is 23.4 Å². The highest BCUT2D eigenvalue weighted by atomic mass is 16.7. The van der Waals surface area contributed by atoms with Gasteiger partial charge in [0.15, 0.2) is 0 Å². The van der Waals surface area contributed by atoms with E-state index in [2.05, 4.69) is 4.74 Å². The van der Waals surface area contributed by atoms with Crippen molar-refractivity contribution in [1.82, 2.24) is 0 Å². The van der Waals surface area contributed by atoms with Gasteiger partial charge in [-0.25, -0.2) is 4.79 Å². The first kappa shape index (κ1) is 6.25. The molecule has 50 valence electrons. The lowest BCUT2D eigenvalue weighted by atomic mass is 10.3. The summed E-state index contributed by atoms with van der Waals surface area (Å²) in [5.74, 6) is -2.10. The van der Waals surface area contributed by atoms with Crippen molar-refractivity contribution in [3.63, 3.8) is 0 Å². The highest BCUT2D eigenvalue weighted by molar-refractivity contribution is 5.84. The fourth-order valence-corrected chi connectivity index (χ4v) is 0.550. The van der Waals surface area contributed by atoms with E-state index in [4.69, 9.17) is 10.8 Å². The summed E-state index contributed by atoms with van der Waals surface area (Å²) in [6.45, 7) is -0.102. The van der Waals surface area contributed by atoms with Gasteiger partial charge in [-0.2, -0.15) is 0 Å². The van der Waals surface area contributed by atoms with E-state index in [0.717, 1.165) is 6.08 Å². The van der Waals surface area contributed by atoms with Crippen LogP contribution in [0.2, 0.25) is 0 Å². The van der Waals surface area contributed by atoms with Crippen molar-refractivity contribution in [2.45, 2.75) is 5.79 Å². The Bertz CT molecular complexity index is 166. The molecular weight excluding hydrogens is 122 g/mol. The first-order valence-corrected chi connectivity index (χ1v) is 2.51. The lowest BCUT2D eigenvalue weighted by Crippen LogP contribution is -2.36. The number of aliphatic hydroxyl groups is 1. The van der Waals surface area contributed by atoms with E-state index in [9.17, 15) is 4.79 Å². The zero-order valence-electron chi connectivity index (χ0n) is 4.70. The van der Waals surface area contributed by atoms with Gasteiger partial charge in [0.2, 0.25) is 5.79 Å². The summed E-state index contributed by atoms with van der Waals surface area (Å²) in [4.78, 5) is 10.3. The molecule has 4 heteroatoms. The standard InChI is InChI=1S/C5H7NO3/c6-3-5(8)2-1-4(7)9-5/h1-2,8H,3,6H2. The summed E-state index contributed by atoms with van der Waals surface area (Å²) in [7, 11) is 0. The molecule has 1 heterocycles.